The number of fused-ring (bicyclic) bond motifs is 1. The van der Waals surface area contributed by atoms with Gasteiger partial charge in [0.25, 0.3) is 0 Å². The van der Waals surface area contributed by atoms with Crippen molar-refractivity contribution in [2.24, 2.45) is 0 Å². The Balaban J connectivity index is 2.49. The van der Waals surface area contributed by atoms with Gasteiger partial charge in [0, 0.05) is 18.5 Å². The molecule has 1 aromatic heterocycles. The van der Waals surface area contributed by atoms with Crippen molar-refractivity contribution in [3.8, 4) is 0 Å². The summed E-state index contributed by atoms with van der Waals surface area (Å²) < 4.78 is 0. The zero-order chi connectivity index (χ0) is 9.10. The summed E-state index contributed by atoms with van der Waals surface area (Å²) in [6.07, 6.45) is 2.56. The molecule has 0 bridgehead atoms. The molecule has 0 aliphatic heterocycles. The maximum Gasteiger partial charge on any atom is 0.0890 e. The zero-order valence-electron chi connectivity index (χ0n) is 7.07. The van der Waals surface area contributed by atoms with Crippen LogP contribution in [0.3, 0.4) is 0 Å². The van der Waals surface area contributed by atoms with Gasteiger partial charge in [-0.3, -0.25) is 4.98 Å². The van der Waals surface area contributed by atoms with Crippen molar-refractivity contribution in [3.63, 3.8) is 0 Å². The minimum Gasteiger partial charge on any atom is -0.253 e. The lowest BCUT2D eigenvalue weighted by atomic mass is 10.3. The van der Waals surface area contributed by atoms with Crippen LogP contribution in [0.15, 0.2) is 30.5 Å². The standard InChI is InChI=1S/C10H9ClN2/c11-6-5-8-7-12-9-3-1-2-4-10(9)13-8/h1-4,7H,5-6H2. The number of aromatic nitrogens is 2. The third kappa shape index (κ3) is 1.78. The molecule has 0 saturated carbocycles. The fraction of sp³-hybridized carbons (Fsp3) is 0.200. The molecule has 1 aromatic carbocycles. The third-order valence-electron chi connectivity index (χ3n) is 1.85. The molecule has 0 unspecified atom stereocenters. The topological polar surface area (TPSA) is 25.8 Å². The molecule has 2 nitrogen and oxygen atoms in total. The molecule has 0 atom stereocenters. The van der Waals surface area contributed by atoms with Crippen molar-refractivity contribution in [2.45, 2.75) is 6.42 Å². The van der Waals surface area contributed by atoms with Gasteiger partial charge in [0.1, 0.15) is 0 Å². The monoisotopic (exact) mass is 192 g/mol. The Labute approximate surface area is 81.6 Å². The second kappa shape index (κ2) is 3.71. The molecule has 0 spiro atoms. The van der Waals surface area contributed by atoms with E-state index >= 15 is 0 Å². The molecular formula is C10H9ClN2. The summed E-state index contributed by atoms with van der Waals surface area (Å²) in [6, 6.07) is 7.83. The van der Waals surface area contributed by atoms with Gasteiger partial charge in [-0.25, -0.2) is 4.98 Å². The van der Waals surface area contributed by atoms with Crippen LogP contribution in [0.4, 0.5) is 0 Å². The highest BCUT2D eigenvalue weighted by atomic mass is 35.5. The minimum absolute atomic E-state index is 0.590. The largest absolute Gasteiger partial charge is 0.253 e. The van der Waals surface area contributed by atoms with E-state index in [1.54, 1.807) is 6.20 Å². The molecule has 0 radical (unpaired) electrons. The van der Waals surface area contributed by atoms with Gasteiger partial charge in [-0.2, -0.15) is 0 Å². The summed E-state index contributed by atoms with van der Waals surface area (Å²) in [6.45, 7) is 0. The Bertz CT molecular complexity index is 414. The van der Waals surface area contributed by atoms with Crippen molar-refractivity contribution in [1.29, 1.82) is 0 Å². The predicted molar refractivity (Wildman–Crippen MR) is 54.0 cm³/mol. The summed E-state index contributed by atoms with van der Waals surface area (Å²) >= 11 is 5.62. The SMILES string of the molecule is ClCCc1cnc2ccccc2n1. The summed E-state index contributed by atoms with van der Waals surface area (Å²) in [5.41, 5.74) is 2.82. The Morgan fingerprint density at radius 2 is 1.92 bits per heavy atom. The number of para-hydroxylation sites is 2. The molecule has 0 aliphatic carbocycles. The maximum absolute atomic E-state index is 5.62. The van der Waals surface area contributed by atoms with Gasteiger partial charge in [-0.05, 0) is 12.1 Å². The van der Waals surface area contributed by atoms with E-state index in [1.807, 2.05) is 24.3 Å². The quantitative estimate of drug-likeness (QED) is 0.683. The molecule has 3 heteroatoms. The van der Waals surface area contributed by atoms with Gasteiger partial charge in [0.15, 0.2) is 0 Å². The van der Waals surface area contributed by atoms with Crippen LogP contribution < -0.4 is 0 Å². The van der Waals surface area contributed by atoms with Crippen molar-refractivity contribution < 1.29 is 0 Å². The first-order valence-electron chi connectivity index (χ1n) is 4.17. The van der Waals surface area contributed by atoms with E-state index in [1.165, 1.54) is 0 Å². The van der Waals surface area contributed by atoms with Gasteiger partial charge in [-0.15, -0.1) is 11.6 Å². The van der Waals surface area contributed by atoms with Crippen LogP contribution in [0.5, 0.6) is 0 Å². The van der Waals surface area contributed by atoms with E-state index in [2.05, 4.69) is 9.97 Å². The molecule has 2 rings (SSSR count). The van der Waals surface area contributed by atoms with E-state index in [-0.39, 0.29) is 0 Å². The molecule has 2 aromatic rings. The Morgan fingerprint density at radius 1 is 1.15 bits per heavy atom. The van der Waals surface area contributed by atoms with Crippen LogP contribution >= 0.6 is 11.6 Å². The first kappa shape index (κ1) is 8.45. The van der Waals surface area contributed by atoms with E-state index in [0.717, 1.165) is 23.1 Å². The van der Waals surface area contributed by atoms with Crippen molar-refractivity contribution >= 4 is 22.6 Å². The summed E-state index contributed by atoms with van der Waals surface area (Å²) in [7, 11) is 0. The number of alkyl halides is 1. The Morgan fingerprint density at radius 3 is 2.69 bits per heavy atom. The minimum atomic E-state index is 0.590. The van der Waals surface area contributed by atoms with Crippen LogP contribution in [0.2, 0.25) is 0 Å². The van der Waals surface area contributed by atoms with Crippen LogP contribution in [0, 0.1) is 0 Å². The molecule has 0 fully saturated rings. The molecule has 13 heavy (non-hydrogen) atoms. The van der Waals surface area contributed by atoms with Crippen LogP contribution in [0.25, 0.3) is 11.0 Å². The third-order valence-corrected chi connectivity index (χ3v) is 2.04. The molecule has 0 saturated heterocycles. The molecular weight excluding hydrogens is 184 g/mol. The van der Waals surface area contributed by atoms with Gasteiger partial charge < -0.3 is 0 Å². The molecule has 66 valence electrons. The highest BCUT2D eigenvalue weighted by molar-refractivity contribution is 6.17. The highest BCUT2D eigenvalue weighted by Crippen LogP contribution is 2.08. The molecule has 0 N–H and O–H groups in total. The smallest absolute Gasteiger partial charge is 0.0890 e. The zero-order valence-corrected chi connectivity index (χ0v) is 7.83. The first-order valence-corrected chi connectivity index (χ1v) is 4.70. The number of rotatable bonds is 2. The van der Waals surface area contributed by atoms with E-state index < -0.39 is 0 Å². The Kier molecular flexibility index (Phi) is 2.41. The fourth-order valence-corrected chi connectivity index (χ4v) is 1.41. The lowest BCUT2D eigenvalue weighted by Crippen LogP contribution is -1.93. The lowest BCUT2D eigenvalue weighted by Gasteiger charge is -1.98. The molecule has 1 heterocycles. The van der Waals surface area contributed by atoms with Gasteiger partial charge in [-0.1, -0.05) is 12.1 Å². The van der Waals surface area contributed by atoms with E-state index in [0.29, 0.717) is 5.88 Å². The first-order chi connectivity index (χ1) is 6.40. The van der Waals surface area contributed by atoms with Crippen LogP contribution in [-0.2, 0) is 6.42 Å². The van der Waals surface area contributed by atoms with Crippen LogP contribution in [-0.4, -0.2) is 15.8 Å². The number of hydrogen-bond acceptors (Lipinski definition) is 2. The number of benzene rings is 1. The van der Waals surface area contributed by atoms with E-state index in [9.17, 15) is 0 Å². The van der Waals surface area contributed by atoms with E-state index in [4.69, 9.17) is 11.6 Å². The number of halogens is 1. The lowest BCUT2D eigenvalue weighted by molar-refractivity contribution is 1.04. The van der Waals surface area contributed by atoms with Gasteiger partial charge >= 0.3 is 0 Å². The second-order valence-corrected chi connectivity index (χ2v) is 3.17. The van der Waals surface area contributed by atoms with Crippen molar-refractivity contribution in [2.75, 3.05) is 5.88 Å². The van der Waals surface area contributed by atoms with Gasteiger partial charge in [0.05, 0.1) is 16.7 Å². The average Bonchev–Trinajstić information content (AvgIpc) is 2.18. The average molecular weight is 193 g/mol. The number of nitrogens with zero attached hydrogens (tertiary/aromatic N) is 2. The molecule has 0 amide bonds. The van der Waals surface area contributed by atoms with Crippen molar-refractivity contribution in [1.82, 2.24) is 9.97 Å². The Hall–Kier alpha value is -1.15. The summed E-state index contributed by atoms with van der Waals surface area (Å²) in [4.78, 5) is 8.70. The van der Waals surface area contributed by atoms with Gasteiger partial charge in [0.2, 0.25) is 0 Å². The normalized spacial score (nSPS) is 10.5. The maximum atomic E-state index is 5.62. The predicted octanol–water partition coefficient (Wildman–Crippen LogP) is 2.41. The molecule has 0 aliphatic rings. The fourth-order valence-electron chi connectivity index (χ4n) is 1.21. The number of aryl methyl sites for hydroxylation is 1. The summed E-state index contributed by atoms with van der Waals surface area (Å²) in [5, 5.41) is 0. The number of hydrogen-bond donors (Lipinski definition) is 0. The summed E-state index contributed by atoms with van der Waals surface area (Å²) in [5.74, 6) is 0.590. The second-order valence-electron chi connectivity index (χ2n) is 2.79. The van der Waals surface area contributed by atoms with Crippen LogP contribution in [0.1, 0.15) is 5.69 Å². The highest BCUT2D eigenvalue weighted by Gasteiger charge is 1.97. The van der Waals surface area contributed by atoms with Crippen molar-refractivity contribution in [3.05, 3.63) is 36.2 Å².